The summed E-state index contributed by atoms with van der Waals surface area (Å²) in [4.78, 5) is 54.5. The molecule has 0 aliphatic carbocycles. The van der Waals surface area contributed by atoms with E-state index in [9.17, 15) is 24.5 Å². The Kier molecular flexibility index (Phi) is 11.3. The van der Waals surface area contributed by atoms with Crippen LogP contribution in [0.15, 0.2) is 77.1 Å². The number of piperazine rings is 1. The summed E-state index contributed by atoms with van der Waals surface area (Å²) in [5.41, 5.74) is 1.85. The minimum Gasteiger partial charge on any atom is -0.466 e. The predicted octanol–water partition coefficient (Wildman–Crippen LogP) is 4.45. The van der Waals surface area contributed by atoms with E-state index in [0.717, 1.165) is 0 Å². The lowest BCUT2D eigenvalue weighted by atomic mass is 9.80. The van der Waals surface area contributed by atoms with E-state index in [1.807, 2.05) is 49.1 Å². The van der Waals surface area contributed by atoms with Gasteiger partial charge in [-0.25, -0.2) is 9.59 Å². The van der Waals surface area contributed by atoms with Crippen molar-refractivity contribution in [3.05, 3.63) is 98.4 Å². The topological polar surface area (TPSA) is 131 Å². The van der Waals surface area contributed by atoms with E-state index in [2.05, 4.69) is 10.2 Å². The molecule has 0 aromatic heterocycles. The Bertz CT molecular complexity index is 1460. The highest BCUT2D eigenvalue weighted by Crippen LogP contribution is 2.40. The molecule has 44 heavy (non-hydrogen) atoms. The van der Waals surface area contributed by atoms with Gasteiger partial charge < -0.3 is 19.7 Å². The number of rotatable bonds is 9. The molecule has 4 rings (SSSR count). The largest absolute Gasteiger partial charge is 0.466 e. The summed E-state index contributed by atoms with van der Waals surface area (Å²) in [5.74, 6) is -2.17. The standard InChI is InChI=1S/C32H38N4O7.ClH/c1-21-26(30(38)42-5)28(24-12-9-13-25(18-24)36(40)41)27(22(2)33-21)31(39)43-20-32(3,4)19-34-14-16-35(17-15-34)29(37)23-10-7-6-8-11-23;/h6-13,18,28,33H,14-17,19-20H2,1-5H3;1H. The van der Waals surface area contributed by atoms with E-state index in [1.54, 1.807) is 19.9 Å². The van der Waals surface area contributed by atoms with Gasteiger partial charge in [-0.1, -0.05) is 44.2 Å². The van der Waals surface area contributed by atoms with Gasteiger partial charge in [0.25, 0.3) is 11.6 Å². The van der Waals surface area contributed by atoms with Gasteiger partial charge in [0.15, 0.2) is 0 Å². The first-order valence-corrected chi connectivity index (χ1v) is 14.2. The third-order valence-corrected chi connectivity index (χ3v) is 7.73. The van der Waals surface area contributed by atoms with Gasteiger partial charge in [-0.15, -0.1) is 12.4 Å². The SMILES string of the molecule is COC(=O)C1=C(C)NC(C)=C(C(=O)OCC(C)(C)CN2CCN(C(=O)c3ccccc3)CC2)C1c1cccc([N+](=O)[O-])c1.Cl. The van der Waals surface area contributed by atoms with Crippen LogP contribution in [0.3, 0.4) is 0 Å². The molecule has 1 unspecified atom stereocenters. The maximum atomic E-state index is 13.7. The fourth-order valence-corrected chi connectivity index (χ4v) is 5.66. The highest BCUT2D eigenvalue weighted by atomic mass is 35.5. The van der Waals surface area contributed by atoms with Gasteiger partial charge in [0.2, 0.25) is 0 Å². The fourth-order valence-electron chi connectivity index (χ4n) is 5.66. The lowest BCUT2D eigenvalue weighted by Crippen LogP contribution is -2.51. The molecule has 12 heteroatoms. The van der Waals surface area contributed by atoms with Gasteiger partial charge in [0.1, 0.15) is 0 Å². The predicted molar refractivity (Wildman–Crippen MR) is 167 cm³/mol. The molecule has 0 bridgehead atoms. The van der Waals surface area contributed by atoms with Crippen molar-refractivity contribution in [2.45, 2.75) is 33.6 Å². The number of dihydropyridines is 1. The van der Waals surface area contributed by atoms with Crippen molar-refractivity contribution in [2.75, 3.05) is 46.4 Å². The van der Waals surface area contributed by atoms with Crippen molar-refractivity contribution in [2.24, 2.45) is 5.41 Å². The first-order valence-electron chi connectivity index (χ1n) is 14.2. The van der Waals surface area contributed by atoms with E-state index in [4.69, 9.17) is 9.47 Å². The zero-order valence-electron chi connectivity index (χ0n) is 25.6. The molecular formula is C32H39ClN4O7. The first-order chi connectivity index (χ1) is 20.4. The van der Waals surface area contributed by atoms with Crippen LogP contribution in [0.2, 0.25) is 0 Å². The van der Waals surface area contributed by atoms with Crippen molar-refractivity contribution < 1.29 is 28.8 Å². The highest BCUT2D eigenvalue weighted by molar-refractivity contribution is 6.00. The van der Waals surface area contributed by atoms with Gasteiger partial charge in [-0.3, -0.25) is 19.8 Å². The number of allylic oxidation sites excluding steroid dienone is 2. The molecule has 0 saturated carbocycles. The van der Waals surface area contributed by atoms with Crippen molar-refractivity contribution in [3.63, 3.8) is 0 Å². The third-order valence-electron chi connectivity index (χ3n) is 7.73. The van der Waals surface area contributed by atoms with Crippen LogP contribution in [-0.2, 0) is 19.1 Å². The maximum Gasteiger partial charge on any atom is 0.336 e. The van der Waals surface area contributed by atoms with E-state index in [0.29, 0.717) is 55.2 Å². The number of nitrogens with one attached hydrogen (secondary N) is 1. The first kappa shape index (κ1) is 34.3. The average molecular weight is 627 g/mol. The molecule has 1 N–H and O–H groups in total. The van der Waals surface area contributed by atoms with E-state index < -0.39 is 28.2 Å². The number of carbonyl (C=O) groups excluding carboxylic acids is 3. The third kappa shape index (κ3) is 7.83. The number of esters is 2. The number of methoxy groups -OCH3 is 1. The van der Waals surface area contributed by atoms with Crippen LogP contribution in [0.1, 0.15) is 49.5 Å². The molecule has 2 aromatic carbocycles. The minimum atomic E-state index is -0.917. The molecule has 2 aromatic rings. The Morgan fingerprint density at radius 2 is 1.57 bits per heavy atom. The van der Waals surface area contributed by atoms with Gasteiger partial charge in [0, 0.05) is 67.2 Å². The number of non-ortho nitro benzene ring substituents is 1. The number of amides is 1. The van der Waals surface area contributed by atoms with Crippen LogP contribution < -0.4 is 5.32 Å². The monoisotopic (exact) mass is 626 g/mol. The van der Waals surface area contributed by atoms with Crippen molar-refractivity contribution in [1.29, 1.82) is 0 Å². The van der Waals surface area contributed by atoms with E-state index in [-0.39, 0.29) is 41.8 Å². The molecule has 1 atom stereocenters. The van der Waals surface area contributed by atoms with Crippen LogP contribution in [-0.4, -0.2) is 79.0 Å². The molecule has 1 amide bonds. The number of nitro benzene ring substituents is 1. The van der Waals surface area contributed by atoms with E-state index in [1.165, 1.54) is 25.3 Å². The number of nitrogens with zero attached hydrogens (tertiary/aromatic N) is 3. The van der Waals surface area contributed by atoms with Gasteiger partial charge in [0.05, 0.1) is 35.7 Å². The lowest BCUT2D eigenvalue weighted by molar-refractivity contribution is -0.384. The quantitative estimate of drug-likeness (QED) is 0.244. The van der Waals surface area contributed by atoms with Crippen LogP contribution in [0, 0.1) is 15.5 Å². The molecule has 0 spiro atoms. The molecule has 11 nitrogen and oxygen atoms in total. The average Bonchev–Trinajstić information content (AvgIpc) is 2.99. The Hall–Kier alpha value is -4.22. The summed E-state index contributed by atoms with van der Waals surface area (Å²) in [6, 6.07) is 15.1. The van der Waals surface area contributed by atoms with Gasteiger partial charge in [-0.2, -0.15) is 0 Å². The zero-order chi connectivity index (χ0) is 31.3. The maximum absolute atomic E-state index is 13.7. The normalized spacial score (nSPS) is 17.4. The number of hydrogen-bond acceptors (Lipinski definition) is 9. The number of ether oxygens (including phenoxy) is 2. The highest BCUT2D eigenvalue weighted by Gasteiger charge is 2.39. The summed E-state index contributed by atoms with van der Waals surface area (Å²) >= 11 is 0. The molecule has 2 aliphatic rings. The number of nitro groups is 1. The van der Waals surface area contributed by atoms with Crippen molar-refractivity contribution >= 4 is 35.9 Å². The van der Waals surface area contributed by atoms with Crippen LogP contribution >= 0.6 is 12.4 Å². The molecule has 236 valence electrons. The smallest absolute Gasteiger partial charge is 0.336 e. The van der Waals surface area contributed by atoms with Crippen molar-refractivity contribution in [3.8, 4) is 0 Å². The zero-order valence-corrected chi connectivity index (χ0v) is 26.4. The molecular weight excluding hydrogens is 588 g/mol. The Labute approximate surface area is 263 Å². The number of benzene rings is 2. The Balaban J connectivity index is 0.00000529. The lowest BCUT2D eigenvalue weighted by Gasteiger charge is -2.39. The second kappa shape index (κ2) is 14.5. The Morgan fingerprint density at radius 1 is 0.955 bits per heavy atom. The second-order valence-corrected chi connectivity index (χ2v) is 11.7. The molecule has 0 radical (unpaired) electrons. The number of halogens is 1. The summed E-state index contributed by atoms with van der Waals surface area (Å²) < 4.78 is 10.9. The number of carbonyl (C=O) groups is 3. The summed E-state index contributed by atoms with van der Waals surface area (Å²) in [7, 11) is 1.25. The molecule has 2 heterocycles. The van der Waals surface area contributed by atoms with Gasteiger partial charge in [-0.05, 0) is 31.5 Å². The molecule has 2 aliphatic heterocycles. The number of hydrogen-bond donors (Lipinski definition) is 1. The van der Waals surface area contributed by atoms with Crippen LogP contribution in [0.5, 0.6) is 0 Å². The summed E-state index contributed by atoms with van der Waals surface area (Å²) in [6.45, 7) is 10.8. The fraction of sp³-hybridized carbons (Fsp3) is 0.406. The van der Waals surface area contributed by atoms with Crippen LogP contribution in [0.25, 0.3) is 0 Å². The second-order valence-electron chi connectivity index (χ2n) is 11.7. The minimum absolute atomic E-state index is 0. The molecule has 1 fully saturated rings. The summed E-state index contributed by atoms with van der Waals surface area (Å²) in [5, 5.41) is 14.6. The van der Waals surface area contributed by atoms with E-state index >= 15 is 0 Å². The van der Waals surface area contributed by atoms with Crippen molar-refractivity contribution in [1.82, 2.24) is 15.1 Å². The summed E-state index contributed by atoms with van der Waals surface area (Å²) in [6.07, 6.45) is 0. The Morgan fingerprint density at radius 3 is 2.16 bits per heavy atom. The molecule has 1 saturated heterocycles. The van der Waals surface area contributed by atoms with Gasteiger partial charge >= 0.3 is 11.9 Å². The van der Waals surface area contributed by atoms with Crippen LogP contribution in [0.4, 0.5) is 5.69 Å².